The van der Waals surface area contributed by atoms with E-state index < -0.39 is 34.6 Å². The fourth-order valence-electron chi connectivity index (χ4n) is 4.74. The molecule has 1 N–H and O–H groups in total. The smallest absolute Gasteiger partial charge is 0.382 e. The van der Waals surface area contributed by atoms with Crippen molar-refractivity contribution < 1.29 is 31.9 Å². The minimum absolute atomic E-state index is 0.0378. The normalized spacial score (nSPS) is 19.1. The van der Waals surface area contributed by atoms with Gasteiger partial charge in [-0.25, -0.2) is 18.7 Å². The summed E-state index contributed by atoms with van der Waals surface area (Å²) in [7, 11) is 0. The molecule has 2 aliphatic heterocycles. The third-order valence-corrected chi connectivity index (χ3v) is 6.49. The first-order valence-corrected chi connectivity index (χ1v) is 11.0. The molecule has 1 amide bonds. The zero-order chi connectivity index (χ0) is 24.9. The van der Waals surface area contributed by atoms with Crippen molar-refractivity contribution in [2.45, 2.75) is 63.3 Å². The molecule has 2 fully saturated rings. The molecule has 0 radical (unpaired) electrons. The van der Waals surface area contributed by atoms with Crippen LogP contribution in [0.4, 0.5) is 33.5 Å². The maximum Gasteiger partial charge on any atom is 0.433 e. The van der Waals surface area contributed by atoms with Crippen molar-refractivity contribution in [1.29, 1.82) is 0 Å². The number of carbonyl (C=O) groups is 1. The second-order valence-electron chi connectivity index (χ2n) is 9.38. The van der Waals surface area contributed by atoms with E-state index in [1.54, 1.807) is 4.90 Å². The highest BCUT2D eigenvalue weighted by Crippen LogP contribution is 2.42. The molecule has 1 spiro atoms. The summed E-state index contributed by atoms with van der Waals surface area (Å²) in [5.41, 5.74) is -3.21. The summed E-state index contributed by atoms with van der Waals surface area (Å²) in [6, 6.07) is 4.20. The number of halogens is 5. The first kappa shape index (κ1) is 24.3. The van der Waals surface area contributed by atoms with E-state index in [-0.39, 0.29) is 42.7 Å². The quantitative estimate of drug-likeness (QED) is 0.647. The number of rotatable bonds is 3. The van der Waals surface area contributed by atoms with E-state index in [4.69, 9.17) is 0 Å². The van der Waals surface area contributed by atoms with Crippen molar-refractivity contribution in [3.63, 3.8) is 0 Å². The first-order chi connectivity index (χ1) is 15.8. The summed E-state index contributed by atoms with van der Waals surface area (Å²) in [5, 5.41) is 10.2. The van der Waals surface area contributed by atoms with Gasteiger partial charge in [0.25, 0.3) is 0 Å². The van der Waals surface area contributed by atoms with Crippen LogP contribution in [0.25, 0.3) is 0 Å². The fraction of sp³-hybridized carbons (Fsp3) is 0.522. The van der Waals surface area contributed by atoms with Crippen LogP contribution in [0, 0.1) is 11.6 Å². The number of aromatic nitrogens is 2. The van der Waals surface area contributed by atoms with Crippen LogP contribution in [0.5, 0.6) is 0 Å². The summed E-state index contributed by atoms with van der Waals surface area (Å²) in [6.45, 7) is 3.19. The molecule has 0 atom stereocenters. The summed E-state index contributed by atoms with van der Waals surface area (Å²) < 4.78 is 67.7. The van der Waals surface area contributed by atoms with E-state index in [2.05, 4.69) is 9.97 Å². The zero-order valence-corrected chi connectivity index (χ0v) is 18.8. The van der Waals surface area contributed by atoms with Gasteiger partial charge in [0, 0.05) is 37.3 Å². The second kappa shape index (κ2) is 8.44. The number of hydrogen-bond donors (Lipinski definition) is 1. The third-order valence-electron chi connectivity index (χ3n) is 6.49. The van der Waals surface area contributed by atoms with Crippen LogP contribution in [0.2, 0.25) is 0 Å². The fourth-order valence-corrected chi connectivity index (χ4v) is 4.74. The maximum atomic E-state index is 13.9. The number of anilines is 2. The van der Waals surface area contributed by atoms with Gasteiger partial charge < -0.3 is 14.9 Å². The van der Waals surface area contributed by atoms with Crippen molar-refractivity contribution >= 4 is 17.4 Å². The van der Waals surface area contributed by atoms with Gasteiger partial charge in [-0.1, -0.05) is 0 Å². The standard InChI is InChI=1S/C23H25F5N4O2/c1-21(2,34)20-29-17(23(26,27)28)13-18(30-20)31-10-8-22(9-11-31)7-3-4-19(33)32(22)14-5-6-15(24)16(25)12-14/h5-6,12-13,34H,3-4,7-11H2,1-2H3. The number of carbonyl (C=O) groups excluding carboxylic acids is 1. The predicted molar refractivity (Wildman–Crippen MR) is 114 cm³/mol. The number of nitrogens with zero attached hydrogens (tertiary/aromatic N) is 4. The molecule has 11 heteroatoms. The minimum Gasteiger partial charge on any atom is -0.382 e. The molecule has 6 nitrogen and oxygen atoms in total. The molecule has 0 saturated carbocycles. The molecule has 4 rings (SSSR count). The maximum absolute atomic E-state index is 13.9. The highest BCUT2D eigenvalue weighted by Gasteiger charge is 2.46. The van der Waals surface area contributed by atoms with E-state index in [1.165, 1.54) is 24.8 Å². The second-order valence-corrected chi connectivity index (χ2v) is 9.38. The van der Waals surface area contributed by atoms with Gasteiger partial charge in [0.1, 0.15) is 17.1 Å². The van der Waals surface area contributed by atoms with Crippen LogP contribution in [0.15, 0.2) is 24.3 Å². The average Bonchev–Trinajstić information content (AvgIpc) is 2.75. The van der Waals surface area contributed by atoms with E-state index in [9.17, 15) is 31.9 Å². The lowest BCUT2D eigenvalue weighted by Crippen LogP contribution is -2.60. The highest BCUT2D eigenvalue weighted by atomic mass is 19.4. The third kappa shape index (κ3) is 4.57. The van der Waals surface area contributed by atoms with Crippen molar-refractivity contribution in [3.05, 3.63) is 47.4 Å². The van der Waals surface area contributed by atoms with E-state index in [0.29, 0.717) is 25.7 Å². The van der Waals surface area contributed by atoms with Gasteiger partial charge in [0.05, 0.1) is 5.54 Å². The van der Waals surface area contributed by atoms with Crippen LogP contribution in [0.3, 0.4) is 0 Å². The lowest BCUT2D eigenvalue weighted by atomic mass is 9.78. The van der Waals surface area contributed by atoms with Crippen LogP contribution in [-0.4, -0.2) is 39.6 Å². The highest BCUT2D eigenvalue weighted by molar-refractivity contribution is 5.95. The van der Waals surface area contributed by atoms with Gasteiger partial charge in [-0.05, 0) is 51.7 Å². The molecule has 2 aromatic rings. The Kier molecular flexibility index (Phi) is 6.03. The molecule has 2 saturated heterocycles. The Hall–Kier alpha value is -2.82. The SMILES string of the molecule is CC(C)(O)c1nc(N2CCC3(CCCC(=O)N3c3ccc(F)c(F)c3)CC2)cc(C(F)(F)F)n1. The molecular weight excluding hydrogens is 459 g/mol. The van der Waals surface area contributed by atoms with Crippen molar-refractivity contribution in [3.8, 4) is 0 Å². The topological polar surface area (TPSA) is 69.6 Å². The van der Waals surface area contributed by atoms with E-state index in [1.807, 2.05) is 0 Å². The van der Waals surface area contributed by atoms with Gasteiger partial charge in [0.2, 0.25) is 5.91 Å². The van der Waals surface area contributed by atoms with Crippen LogP contribution >= 0.6 is 0 Å². The summed E-state index contributed by atoms with van der Waals surface area (Å²) in [5.74, 6) is -2.56. The number of aliphatic hydroxyl groups is 1. The lowest BCUT2D eigenvalue weighted by molar-refractivity contribution is -0.141. The molecular formula is C23H25F5N4O2. The molecule has 0 aliphatic carbocycles. The first-order valence-electron chi connectivity index (χ1n) is 11.0. The number of hydrogen-bond acceptors (Lipinski definition) is 5. The Bertz CT molecular complexity index is 1060. The number of alkyl halides is 3. The Morgan fingerprint density at radius 3 is 2.26 bits per heavy atom. The Labute approximate surface area is 193 Å². The molecule has 3 heterocycles. The Balaban J connectivity index is 1.64. The van der Waals surface area contributed by atoms with Crippen molar-refractivity contribution in [2.24, 2.45) is 0 Å². The molecule has 0 unspecified atom stereocenters. The largest absolute Gasteiger partial charge is 0.433 e. The number of piperidine rings is 2. The van der Waals surface area contributed by atoms with Gasteiger partial charge >= 0.3 is 6.18 Å². The van der Waals surface area contributed by atoms with E-state index >= 15 is 0 Å². The summed E-state index contributed by atoms with van der Waals surface area (Å²) in [4.78, 5) is 23.7. The van der Waals surface area contributed by atoms with Crippen LogP contribution in [-0.2, 0) is 16.6 Å². The number of benzene rings is 1. The minimum atomic E-state index is -4.71. The Morgan fingerprint density at radius 2 is 1.68 bits per heavy atom. The molecule has 184 valence electrons. The van der Waals surface area contributed by atoms with Crippen molar-refractivity contribution in [1.82, 2.24) is 9.97 Å². The van der Waals surface area contributed by atoms with Crippen molar-refractivity contribution in [2.75, 3.05) is 22.9 Å². The zero-order valence-electron chi connectivity index (χ0n) is 18.8. The van der Waals surface area contributed by atoms with Gasteiger partial charge in [-0.15, -0.1) is 0 Å². The van der Waals surface area contributed by atoms with E-state index in [0.717, 1.165) is 18.2 Å². The van der Waals surface area contributed by atoms with Crippen LogP contribution in [0.1, 0.15) is 57.5 Å². The monoisotopic (exact) mass is 484 g/mol. The van der Waals surface area contributed by atoms with Crippen LogP contribution < -0.4 is 9.80 Å². The summed E-state index contributed by atoms with van der Waals surface area (Å²) >= 11 is 0. The average molecular weight is 484 g/mol. The number of amides is 1. The van der Waals surface area contributed by atoms with Gasteiger partial charge in [-0.2, -0.15) is 13.2 Å². The lowest BCUT2D eigenvalue weighted by Gasteiger charge is -2.51. The summed E-state index contributed by atoms with van der Waals surface area (Å²) in [6.07, 6.45) is -2.36. The predicted octanol–water partition coefficient (Wildman–Crippen LogP) is 4.56. The molecule has 2 aliphatic rings. The molecule has 1 aromatic heterocycles. The molecule has 34 heavy (non-hydrogen) atoms. The molecule has 0 bridgehead atoms. The van der Waals surface area contributed by atoms with Gasteiger partial charge in [-0.3, -0.25) is 4.79 Å². The van der Waals surface area contributed by atoms with Gasteiger partial charge in [0.15, 0.2) is 17.5 Å². The molecule has 1 aromatic carbocycles. The Morgan fingerprint density at radius 1 is 1.00 bits per heavy atom.